The van der Waals surface area contributed by atoms with Crippen LogP contribution in [-0.4, -0.2) is 3.98 Å². The molecule has 1 nitrogen and oxygen atoms in total. The van der Waals surface area contributed by atoms with Crippen LogP contribution in [0.25, 0.3) is 0 Å². The van der Waals surface area contributed by atoms with Gasteiger partial charge in [-0.2, -0.15) is 8.78 Å². The van der Waals surface area contributed by atoms with E-state index in [9.17, 15) is 17.6 Å². The van der Waals surface area contributed by atoms with Crippen molar-refractivity contribution in [3.05, 3.63) is 28.3 Å². The molecule has 0 aliphatic carbocycles. The molecule has 9 heteroatoms. The number of hydrogen-bond acceptors (Lipinski definition) is 1. The molecule has 0 N–H and O–H groups in total. The van der Waals surface area contributed by atoms with Crippen LogP contribution in [-0.2, 0) is 0 Å². The Bertz CT molecular complexity index is 402. The minimum Gasteiger partial charge on any atom is -0.439 e. The van der Waals surface area contributed by atoms with Crippen LogP contribution >= 0.6 is 46.4 Å². The van der Waals surface area contributed by atoms with Gasteiger partial charge in [0, 0.05) is 0 Å². The van der Waals surface area contributed by atoms with Crippen LogP contribution in [0.1, 0.15) is 0 Å². The van der Waals surface area contributed by atoms with Gasteiger partial charge >= 0.3 is 3.98 Å². The molecular weight excluding hydrogens is 318 g/mol. The normalized spacial score (nSPS) is 11.8. The third-order valence-electron chi connectivity index (χ3n) is 1.39. The number of benzene rings is 1. The van der Waals surface area contributed by atoms with Crippen molar-refractivity contribution >= 4 is 46.4 Å². The average Bonchev–Trinajstić information content (AvgIpc) is 2.17. The maximum atomic E-state index is 13.1. The zero-order chi connectivity index (χ0) is 12.7. The van der Waals surface area contributed by atoms with Gasteiger partial charge in [-0.05, 0) is 34.8 Å². The van der Waals surface area contributed by atoms with Crippen molar-refractivity contribution < 1.29 is 22.3 Å². The summed E-state index contributed by atoms with van der Waals surface area (Å²) in [5, 5.41) is -1.35. The van der Waals surface area contributed by atoms with E-state index in [2.05, 4.69) is 4.74 Å². The summed E-state index contributed by atoms with van der Waals surface area (Å²) >= 11 is 20.1. The second kappa shape index (κ2) is 4.64. The summed E-state index contributed by atoms with van der Waals surface area (Å²) in [5.41, 5.74) is 0. The number of alkyl halides is 3. The Kier molecular flexibility index (Phi) is 4.05. The van der Waals surface area contributed by atoms with Gasteiger partial charge in [-0.1, -0.05) is 11.6 Å². The molecule has 0 spiro atoms. The molecule has 1 aromatic rings. The van der Waals surface area contributed by atoms with E-state index in [1.807, 2.05) is 0 Å². The molecule has 1 aromatic carbocycles. The molecule has 16 heavy (non-hydrogen) atoms. The zero-order valence-electron chi connectivity index (χ0n) is 6.93. The first kappa shape index (κ1) is 14.0. The number of rotatable bonds is 1. The molecular formula is C7Cl4F4O. The van der Waals surface area contributed by atoms with Crippen molar-refractivity contribution in [1.82, 2.24) is 0 Å². The first-order chi connectivity index (χ1) is 7.15. The Balaban J connectivity index is 3.40. The standard InChI is InChI=1S/C7Cl4F4O/c8-1-2(12)4(14)6(5(15)3(1)13)16-7(9,10)11. The molecule has 0 saturated heterocycles. The second-order valence-corrected chi connectivity index (χ2v) is 5.00. The molecule has 90 valence electrons. The first-order valence-corrected chi connectivity index (χ1v) is 4.93. The van der Waals surface area contributed by atoms with Crippen molar-refractivity contribution in [3.8, 4) is 5.75 Å². The van der Waals surface area contributed by atoms with Crippen LogP contribution in [0.15, 0.2) is 0 Å². The van der Waals surface area contributed by atoms with Gasteiger partial charge in [0.2, 0.25) is 17.4 Å². The van der Waals surface area contributed by atoms with Crippen molar-refractivity contribution in [2.75, 3.05) is 0 Å². The molecule has 0 bridgehead atoms. The van der Waals surface area contributed by atoms with Crippen molar-refractivity contribution in [1.29, 1.82) is 0 Å². The van der Waals surface area contributed by atoms with Crippen molar-refractivity contribution in [2.45, 2.75) is 3.98 Å². The fourth-order valence-corrected chi connectivity index (χ4v) is 1.19. The molecule has 0 aromatic heterocycles. The highest BCUT2D eigenvalue weighted by molar-refractivity contribution is 6.66. The lowest BCUT2D eigenvalue weighted by Gasteiger charge is -2.15. The van der Waals surface area contributed by atoms with Crippen LogP contribution in [0.4, 0.5) is 17.6 Å². The Morgan fingerprint density at radius 2 is 1.19 bits per heavy atom. The van der Waals surface area contributed by atoms with E-state index in [0.29, 0.717) is 0 Å². The topological polar surface area (TPSA) is 9.23 Å². The van der Waals surface area contributed by atoms with E-state index < -0.39 is 38.0 Å². The maximum Gasteiger partial charge on any atom is 0.338 e. The largest absolute Gasteiger partial charge is 0.439 e. The van der Waals surface area contributed by atoms with Crippen LogP contribution < -0.4 is 4.74 Å². The molecule has 1 rings (SSSR count). The number of hydrogen-bond donors (Lipinski definition) is 0. The maximum absolute atomic E-state index is 13.1. The van der Waals surface area contributed by atoms with E-state index in [-0.39, 0.29) is 0 Å². The van der Waals surface area contributed by atoms with E-state index in [4.69, 9.17) is 46.4 Å². The van der Waals surface area contributed by atoms with Gasteiger partial charge in [0.1, 0.15) is 5.02 Å². The lowest BCUT2D eigenvalue weighted by atomic mass is 10.3. The number of ether oxygens (including phenoxy) is 1. The van der Waals surface area contributed by atoms with Crippen LogP contribution in [0.2, 0.25) is 5.02 Å². The van der Waals surface area contributed by atoms with Gasteiger partial charge in [-0.3, -0.25) is 0 Å². The quantitative estimate of drug-likeness (QED) is 0.318. The van der Waals surface area contributed by atoms with Crippen LogP contribution in [0.3, 0.4) is 0 Å². The SMILES string of the molecule is Fc1c(F)c(OC(Cl)(Cl)Cl)c(F)c(F)c1Cl. The predicted octanol–water partition coefficient (Wildman–Crippen LogP) is 4.60. The van der Waals surface area contributed by atoms with Crippen molar-refractivity contribution in [3.63, 3.8) is 0 Å². The fraction of sp³-hybridized carbons (Fsp3) is 0.143. The minimum atomic E-state index is -2.58. The van der Waals surface area contributed by atoms with Gasteiger partial charge in [-0.15, -0.1) is 0 Å². The molecule has 0 heterocycles. The summed E-state index contributed by atoms with van der Waals surface area (Å²) in [4.78, 5) is 0. The molecule has 0 radical (unpaired) electrons. The fourth-order valence-electron chi connectivity index (χ4n) is 0.790. The summed E-state index contributed by atoms with van der Waals surface area (Å²) in [6, 6.07) is 0. The Morgan fingerprint density at radius 1 is 0.812 bits per heavy atom. The molecule has 0 aliphatic rings. The average molecular weight is 318 g/mol. The van der Waals surface area contributed by atoms with Crippen LogP contribution in [0.5, 0.6) is 5.75 Å². The molecule has 0 unspecified atom stereocenters. The molecule has 0 aliphatic heterocycles. The van der Waals surface area contributed by atoms with Gasteiger partial charge in [0.05, 0.1) is 0 Å². The molecule has 0 saturated carbocycles. The van der Waals surface area contributed by atoms with E-state index in [1.54, 1.807) is 0 Å². The summed E-state index contributed by atoms with van der Waals surface area (Å²) < 4.78 is 53.4. The lowest BCUT2D eigenvalue weighted by Crippen LogP contribution is -2.16. The Hall–Kier alpha value is -0.100. The van der Waals surface area contributed by atoms with E-state index in [0.717, 1.165) is 0 Å². The predicted molar refractivity (Wildman–Crippen MR) is 52.2 cm³/mol. The van der Waals surface area contributed by atoms with Crippen LogP contribution in [0, 0.1) is 23.3 Å². The van der Waals surface area contributed by atoms with Gasteiger partial charge in [0.25, 0.3) is 0 Å². The lowest BCUT2D eigenvalue weighted by molar-refractivity contribution is 0.272. The summed E-state index contributed by atoms with van der Waals surface area (Å²) in [5.74, 6) is -8.97. The smallest absolute Gasteiger partial charge is 0.338 e. The number of halogens is 8. The minimum absolute atomic E-state index is 1.35. The van der Waals surface area contributed by atoms with Gasteiger partial charge < -0.3 is 4.74 Å². The summed E-state index contributed by atoms with van der Waals surface area (Å²) in [6.07, 6.45) is 0. The highest BCUT2D eigenvalue weighted by Crippen LogP contribution is 2.37. The Morgan fingerprint density at radius 3 is 1.50 bits per heavy atom. The van der Waals surface area contributed by atoms with E-state index >= 15 is 0 Å². The third kappa shape index (κ3) is 2.77. The Labute approximate surface area is 107 Å². The highest BCUT2D eigenvalue weighted by Gasteiger charge is 2.31. The molecule has 0 atom stereocenters. The highest BCUT2D eigenvalue weighted by atomic mass is 35.6. The first-order valence-electron chi connectivity index (χ1n) is 3.42. The molecule has 0 fully saturated rings. The monoisotopic (exact) mass is 316 g/mol. The zero-order valence-corrected chi connectivity index (χ0v) is 9.96. The summed E-state index contributed by atoms with van der Waals surface area (Å²) in [6.45, 7) is 0. The van der Waals surface area contributed by atoms with Crippen molar-refractivity contribution in [2.24, 2.45) is 0 Å². The van der Waals surface area contributed by atoms with Gasteiger partial charge in [0.15, 0.2) is 11.6 Å². The summed E-state index contributed by atoms with van der Waals surface area (Å²) in [7, 11) is 0. The second-order valence-electron chi connectivity index (χ2n) is 2.45. The van der Waals surface area contributed by atoms with E-state index in [1.165, 1.54) is 0 Å². The van der Waals surface area contributed by atoms with Gasteiger partial charge in [-0.25, -0.2) is 8.78 Å². The third-order valence-corrected chi connectivity index (χ3v) is 1.95. The molecule has 0 amide bonds.